The van der Waals surface area contributed by atoms with Gasteiger partial charge in [-0.25, -0.2) is 4.98 Å². The molecule has 1 fully saturated rings. The minimum Gasteiger partial charge on any atom is -0.368 e. The first-order valence-electron chi connectivity index (χ1n) is 10.1. The Morgan fingerprint density at radius 3 is 2.93 bits per heavy atom. The maximum absolute atomic E-state index is 13.2. The molecule has 2 amide bonds. The molecule has 0 radical (unpaired) electrons. The number of nitrogens with zero attached hydrogens (tertiary/aromatic N) is 2. The van der Waals surface area contributed by atoms with E-state index in [2.05, 4.69) is 11.9 Å². The Bertz CT molecular complexity index is 894. The van der Waals surface area contributed by atoms with E-state index in [9.17, 15) is 9.59 Å². The molecule has 4 rings (SSSR count). The third-order valence-corrected chi connectivity index (χ3v) is 6.40. The van der Waals surface area contributed by atoms with Gasteiger partial charge in [0.2, 0.25) is 0 Å². The van der Waals surface area contributed by atoms with Crippen molar-refractivity contribution in [3.8, 4) is 0 Å². The van der Waals surface area contributed by atoms with Gasteiger partial charge in [0, 0.05) is 29.3 Å². The first-order valence-corrected chi connectivity index (χ1v) is 10.9. The first kappa shape index (κ1) is 19.8. The molecule has 1 unspecified atom stereocenters. The Hall–Kier alpha value is -2.51. The molecule has 1 aromatic carbocycles. The Kier molecular flexibility index (Phi) is 6.06. The molecular weight excluding hydrogens is 386 g/mol. The van der Waals surface area contributed by atoms with Crippen LogP contribution < -0.4 is 10.2 Å². The number of ether oxygens (including phenoxy) is 1. The van der Waals surface area contributed by atoms with E-state index >= 15 is 0 Å². The third-order valence-electron chi connectivity index (χ3n) is 5.22. The van der Waals surface area contributed by atoms with Crippen LogP contribution in [0.15, 0.2) is 36.9 Å². The molecule has 2 aliphatic rings. The van der Waals surface area contributed by atoms with Gasteiger partial charge in [0.15, 0.2) is 5.13 Å². The highest BCUT2D eigenvalue weighted by molar-refractivity contribution is 7.16. The predicted octanol–water partition coefficient (Wildman–Crippen LogP) is 3.97. The SMILES string of the molecule is C=CCN(C(=O)c1cccc(NC(=O)C2CCCO2)c1)c1nc2c(s1)CCCC2. The number of anilines is 2. The zero-order chi connectivity index (χ0) is 20.2. The second kappa shape index (κ2) is 8.88. The second-order valence-electron chi connectivity index (χ2n) is 7.35. The Morgan fingerprint density at radius 1 is 1.31 bits per heavy atom. The monoisotopic (exact) mass is 411 g/mol. The molecule has 2 heterocycles. The number of hydrogen-bond donors (Lipinski definition) is 1. The van der Waals surface area contributed by atoms with Crippen LogP contribution in [0, 0.1) is 0 Å². The molecular formula is C22H25N3O3S. The largest absolute Gasteiger partial charge is 0.368 e. The molecule has 6 nitrogen and oxygen atoms in total. The van der Waals surface area contributed by atoms with Crippen LogP contribution in [0.25, 0.3) is 0 Å². The van der Waals surface area contributed by atoms with Gasteiger partial charge in [-0.15, -0.1) is 17.9 Å². The average Bonchev–Trinajstić information content (AvgIpc) is 3.41. The average molecular weight is 412 g/mol. The molecule has 1 aliphatic carbocycles. The molecule has 1 aliphatic heterocycles. The highest BCUT2D eigenvalue weighted by atomic mass is 32.1. The van der Waals surface area contributed by atoms with Crippen molar-refractivity contribution in [3.63, 3.8) is 0 Å². The lowest BCUT2D eigenvalue weighted by Crippen LogP contribution is -2.31. The molecule has 152 valence electrons. The van der Waals surface area contributed by atoms with E-state index in [0.29, 0.717) is 24.4 Å². The quantitative estimate of drug-likeness (QED) is 0.730. The maximum Gasteiger partial charge on any atom is 0.260 e. The molecule has 1 saturated heterocycles. The van der Waals surface area contributed by atoms with Crippen molar-refractivity contribution in [2.24, 2.45) is 0 Å². The van der Waals surface area contributed by atoms with Gasteiger partial charge >= 0.3 is 0 Å². The molecule has 7 heteroatoms. The number of benzene rings is 1. The summed E-state index contributed by atoms with van der Waals surface area (Å²) in [4.78, 5) is 33.2. The maximum atomic E-state index is 13.2. The fourth-order valence-corrected chi connectivity index (χ4v) is 4.88. The summed E-state index contributed by atoms with van der Waals surface area (Å²) in [5, 5.41) is 3.58. The van der Waals surface area contributed by atoms with E-state index in [-0.39, 0.29) is 11.8 Å². The third kappa shape index (κ3) is 4.41. The van der Waals surface area contributed by atoms with Gasteiger partial charge in [-0.2, -0.15) is 0 Å². The van der Waals surface area contributed by atoms with E-state index in [0.717, 1.165) is 42.9 Å². The molecule has 29 heavy (non-hydrogen) atoms. The van der Waals surface area contributed by atoms with Gasteiger partial charge in [-0.3, -0.25) is 14.5 Å². The summed E-state index contributed by atoms with van der Waals surface area (Å²) < 4.78 is 5.43. The molecule has 0 bridgehead atoms. The molecule has 1 aromatic heterocycles. The lowest BCUT2D eigenvalue weighted by molar-refractivity contribution is -0.124. The number of rotatable bonds is 6. The fourth-order valence-electron chi connectivity index (χ4n) is 3.72. The number of hydrogen-bond acceptors (Lipinski definition) is 5. The summed E-state index contributed by atoms with van der Waals surface area (Å²) in [5.41, 5.74) is 2.22. The van der Waals surface area contributed by atoms with Crippen molar-refractivity contribution < 1.29 is 14.3 Å². The van der Waals surface area contributed by atoms with Crippen molar-refractivity contribution in [1.29, 1.82) is 0 Å². The standard InChI is InChI=1S/C22H25N3O3S/c1-2-12-25(22-24-17-9-3-4-11-19(17)29-22)21(27)15-7-5-8-16(14-15)23-20(26)18-10-6-13-28-18/h2,5,7-8,14,18H,1,3-4,6,9-13H2,(H,23,26). The van der Waals surface area contributed by atoms with Crippen LogP contribution in [-0.2, 0) is 22.4 Å². The minimum absolute atomic E-state index is 0.149. The molecule has 0 saturated carbocycles. The summed E-state index contributed by atoms with van der Waals surface area (Å²) >= 11 is 1.60. The van der Waals surface area contributed by atoms with Crippen LogP contribution in [0.5, 0.6) is 0 Å². The normalized spacial score (nSPS) is 18.1. The van der Waals surface area contributed by atoms with E-state index in [1.165, 1.54) is 11.3 Å². The number of fused-ring (bicyclic) bond motifs is 1. The number of carbonyl (C=O) groups is 2. The minimum atomic E-state index is -0.409. The number of thiazole rings is 1. The predicted molar refractivity (Wildman–Crippen MR) is 115 cm³/mol. The molecule has 0 spiro atoms. The van der Waals surface area contributed by atoms with Crippen molar-refractivity contribution in [1.82, 2.24) is 4.98 Å². The van der Waals surface area contributed by atoms with Crippen LogP contribution in [0.2, 0.25) is 0 Å². The lowest BCUT2D eigenvalue weighted by atomic mass is 10.0. The van der Waals surface area contributed by atoms with Gasteiger partial charge in [0.25, 0.3) is 11.8 Å². The van der Waals surface area contributed by atoms with Crippen molar-refractivity contribution in [3.05, 3.63) is 53.1 Å². The summed E-state index contributed by atoms with van der Waals surface area (Å²) in [6.07, 6.45) is 7.27. The lowest BCUT2D eigenvalue weighted by Gasteiger charge is -2.19. The van der Waals surface area contributed by atoms with E-state index in [1.807, 2.05) is 0 Å². The van der Waals surface area contributed by atoms with E-state index in [1.54, 1.807) is 46.6 Å². The summed E-state index contributed by atoms with van der Waals surface area (Å²) in [5.74, 6) is -0.313. The highest BCUT2D eigenvalue weighted by Crippen LogP contribution is 2.32. The van der Waals surface area contributed by atoms with E-state index < -0.39 is 6.10 Å². The molecule has 1 N–H and O–H groups in total. The summed E-state index contributed by atoms with van der Waals surface area (Å²) in [6.45, 7) is 4.80. The topological polar surface area (TPSA) is 71.5 Å². The zero-order valence-corrected chi connectivity index (χ0v) is 17.2. The van der Waals surface area contributed by atoms with Crippen LogP contribution in [0.4, 0.5) is 10.8 Å². The van der Waals surface area contributed by atoms with Gasteiger partial charge in [0.1, 0.15) is 6.10 Å². The Labute approximate surface area is 174 Å². The van der Waals surface area contributed by atoms with E-state index in [4.69, 9.17) is 9.72 Å². The van der Waals surface area contributed by atoms with Gasteiger partial charge < -0.3 is 10.1 Å². The number of aromatic nitrogens is 1. The van der Waals surface area contributed by atoms with Gasteiger partial charge in [-0.1, -0.05) is 12.1 Å². The van der Waals surface area contributed by atoms with Crippen LogP contribution in [0.1, 0.15) is 46.6 Å². The Morgan fingerprint density at radius 2 is 2.17 bits per heavy atom. The second-order valence-corrected chi connectivity index (χ2v) is 8.41. The molecule has 1 atom stereocenters. The highest BCUT2D eigenvalue weighted by Gasteiger charge is 2.25. The van der Waals surface area contributed by atoms with Crippen molar-refractivity contribution in [2.45, 2.75) is 44.6 Å². The van der Waals surface area contributed by atoms with Crippen LogP contribution in [-0.4, -0.2) is 36.1 Å². The number of amides is 2. The van der Waals surface area contributed by atoms with Crippen molar-refractivity contribution >= 4 is 34.0 Å². The van der Waals surface area contributed by atoms with Crippen LogP contribution >= 0.6 is 11.3 Å². The van der Waals surface area contributed by atoms with Gasteiger partial charge in [-0.05, 0) is 56.7 Å². The first-order chi connectivity index (χ1) is 14.2. The zero-order valence-electron chi connectivity index (χ0n) is 16.4. The summed E-state index contributed by atoms with van der Waals surface area (Å²) in [7, 11) is 0. The number of carbonyl (C=O) groups excluding carboxylic acids is 2. The molecule has 2 aromatic rings. The van der Waals surface area contributed by atoms with Crippen LogP contribution in [0.3, 0.4) is 0 Å². The Balaban J connectivity index is 1.54. The number of nitrogens with one attached hydrogen (secondary N) is 1. The number of aryl methyl sites for hydroxylation is 2. The van der Waals surface area contributed by atoms with Crippen molar-refractivity contribution in [2.75, 3.05) is 23.4 Å². The smallest absolute Gasteiger partial charge is 0.260 e. The fraction of sp³-hybridized carbons (Fsp3) is 0.409. The van der Waals surface area contributed by atoms with Gasteiger partial charge in [0.05, 0.1) is 5.69 Å². The summed E-state index contributed by atoms with van der Waals surface area (Å²) in [6, 6.07) is 7.02.